The molecule has 1 unspecified atom stereocenters. The molecule has 1 aromatic carbocycles. The molecule has 5 nitrogen and oxygen atoms in total. The summed E-state index contributed by atoms with van der Waals surface area (Å²) >= 11 is 12.1. The highest BCUT2D eigenvalue weighted by molar-refractivity contribution is 6.35. The molecular weight excluding hydrogens is 349 g/mol. The fourth-order valence-corrected chi connectivity index (χ4v) is 3.69. The number of halogens is 2. The summed E-state index contributed by atoms with van der Waals surface area (Å²) in [5, 5.41) is 0.825. The number of likely N-dealkylation sites (N-methyl/N-ethyl adjacent to an activating group) is 1. The van der Waals surface area contributed by atoms with Gasteiger partial charge in [0.25, 0.3) is 5.91 Å². The van der Waals surface area contributed by atoms with Crippen LogP contribution in [0.4, 0.5) is 0 Å². The minimum Gasteiger partial charge on any atom is -0.338 e. The number of carbonyl (C=O) groups is 2. The second-order valence-corrected chi connectivity index (χ2v) is 7.25. The predicted octanol–water partition coefficient (Wildman–Crippen LogP) is 2.37. The van der Waals surface area contributed by atoms with Crippen molar-refractivity contribution in [2.45, 2.75) is 18.9 Å². The van der Waals surface area contributed by atoms with Crippen LogP contribution in [0.15, 0.2) is 18.2 Å². The third-order valence-corrected chi connectivity index (χ3v) is 5.34. The lowest BCUT2D eigenvalue weighted by molar-refractivity contribution is -0.136. The van der Waals surface area contributed by atoms with E-state index in [1.165, 1.54) is 0 Å². The maximum atomic E-state index is 12.9. The largest absolute Gasteiger partial charge is 0.338 e. The Morgan fingerprint density at radius 2 is 1.79 bits per heavy atom. The van der Waals surface area contributed by atoms with Gasteiger partial charge in [-0.15, -0.1) is 0 Å². The molecule has 0 aliphatic carbocycles. The summed E-state index contributed by atoms with van der Waals surface area (Å²) in [6, 6.07) is 4.44. The average molecular weight is 370 g/mol. The van der Waals surface area contributed by atoms with Gasteiger partial charge in [0, 0.05) is 37.7 Å². The average Bonchev–Trinajstić information content (AvgIpc) is 3.06. The van der Waals surface area contributed by atoms with Gasteiger partial charge in [0.05, 0.1) is 10.6 Å². The first-order valence-electron chi connectivity index (χ1n) is 8.20. The van der Waals surface area contributed by atoms with E-state index in [1.807, 2.05) is 11.9 Å². The van der Waals surface area contributed by atoms with Crippen LogP contribution in [0, 0.1) is 0 Å². The summed E-state index contributed by atoms with van der Waals surface area (Å²) in [7, 11) is 2.05. The molecule has 2 amide bonds. The highest BCUT2D eigenvalue weighted by Gasteiger charge is 2.38. The van der Waals surface area contributed by atoms with Gasteiger partial charge >= 0.3 is 0 Å². The molecule has 2 heterocycles. The molecular formula is C17H21Cl2N3O2. The van der Waals surface area contributed by atoms with Crippen molar-refractivity contribution in [2.75, 3.05) is 39.8 Å². The maximum Gasteiger partial charge on any atom is 0.256 e. The molecule has 24 heavy (non-hydrogen) atoms. The van der Waals surface area contributed by atoms with Crippen molar-refractivity contribution in [1.29, 1.82) is 0 Å². The minimum atomic E-state index is -0.393. The zero-order valence-electron chi connectivity index (χ0n) is 13.7. The Bertz CT molecular complexity index is 645. The number of carbonyl (C=O) groups excluding carboxylic acids is 2. The van der Waals surface area contributed by atoms with Crippen LogP contribution in [0.2, 0.25) is 10.0 Å². The highest BCUT2D eigenvalue weighted by atomic mass is 35.5. The normalized spacial score (nSPS) is 22.0. The summed E-state index contributed by atoms with van der Waals surface area (Å²) in [6.07, 6.45) is 1.53. The monoisotopic (exact) mass is 369 g/mol. The van der Waals surface area contributed by atoms with E-state index in [-0.39, 0.29) is 11.8 Å². The number of nitrogens with zero attached hydrogens (tertiary/aromatic N) is 3. The van der Waals surface area contributed by atoms with Crippen molar-refractivity contribution in [3.63, 3.8) is 0 Å². The third-order valence-electron chi connectivity index (χ3n) is 4.77. The van der Waals surface area contributed by atoms with E-state index in [0.29, 0.717) is 41.7 Å². The fourth-order valence-electron chi connectivity index (χ4n) is 3.32. The molecule has 2 aliphatic rings. The van der Waals surface area contributed by atoms with Gasteiger partial charge in [-0.3, -0.25) is 9.59 Å². The van der Waals surface area contributed by atoms with Crippen molar-refractivity contribution < 1.29 is 9.59 Å². The van der Waals surface area contributed by atoms with Gasteiger partial charge in [0.15, 0.2) is 0 Å². The van der Waals surface area contributed by atoms with Crippen LogP contribution < -0.4 is 0 Å². The van der Waals surface area contributed by atoms with Crippen LogP contribution in [0.25, 0.3) is 0 Å². The van der Waals surface area contributed by atoms with Gasteiger partial charge in [0.2, 0.25) is 5.91 Å². The van der Waals surface area contributed by atoms with Gasteiger partial charge in [-0.25, -0.2) is 0 Å². The first-order chi connectivity index (χ1) is 11.5. The molecule has 7 heteroatoms. The molecule has 2 saturated heterocycles. The van der Waals surface area contributed by atoms with E-state index in [2.05, 4.69) is 4.90 Å². The molecule has 0 bridgehead atoms. The Labute approximate surface area is 152 Å². The van der Waals surface area contributed by atoms with Gasteiger partial charge in [-0.1, -0.05) is 23.2 Å². The van der Waals surface area contributed by atoms with E-state index in [1.54, 1.807) is 23.1 Å². The predicted molar refractivity (Wildman–Crippen MR) is 94.6 cm³/mol. The Hall–Kier alpha value is -1.30. The number of likely N-dealkylation sites (tertiary alicyclic amines) is 1. The smallest absolute Gasteiger partial charge is 0.256 e. The van der Waals surface area contributed by atoms with Gasteiger partial charge in [-0.05, 0) is 38.1 Å². The first-order valence-corrected chi connectivity index (χ1v) is 8.96. The molecule has 3 rings (SSSR count). The van der Waals surface area contributed by atoms with Gasteiger partial charge < -0.3 is 14.7 Å². The van der Waals surface area contributed by atoms with Crippen LogP contribution in [-0.2, 0) is 4.79 Å². The number of hydrogen-bond acceptors (Lipinski definition) is 3. The zero-order chi connectivity index (χ0) is 17.3. The third kappa shape index (κ3) is 3.53. The molecule has 1 aromatic rings. The van der Waals surface area contributed by atoms with Crippen LogP contribution in [0.3, 0.4) is 0 Å². The SMILES string of the molecule is CN1CCN(C(=O)C2CCCN2C(=O)c2cc(Cl)ccc2Cl)CC1. The number of rotatable bonds is 2. The van der Waals surface area contributed by atoms with Crippen molar-refractivity contribution in [2.24, 2.45) is 0 Å². The van der Waals surface area contributed by atoms with Crippen LogP contribution >= 0.6 is 23.2 Å². The number of amides is 2. The second kappa shape index (κ2) is 7.30. The van der Waals surface area contributed by atoms with Gasteiger partial charge in [-0.2, -0.15) is 0 Å². The van der Waals surface area contributed by atoms with E-state index >= 15 is 0 Å². The van der Waals surface area contributed by atoms with Crippen molar-refractivity contribution in [3.05, 3.63) is 33.8 Å². The molecule has 0 N–H and O–H groups in total. The number of benzene rings is 1. The van der Waals surface area contributed by atoms with Crippen molar-refractivity contribution in [1.82, 2.24) is 14.7 Å². The topological polar surface area (TPSA) is 43.9 Å². The quantitative estimate of drug-likeness (QED) is 0.803. The Morgan fingerprint density at radius 1 is 1.08 bits per heavy atom. The van der Waals surface area contributed by atoms with Crippen molar-refractivity contribution in [3.8, 4) is 0 Å². The Morgan fingerprint density at radius 3 is 2.50 bits per heavy atom. The van der Waals surface area contributed by atoms with E-state index < -0.39 is 6.04 Å². The highest BCUT2D eigenvalue weighted by Crippen LogP contribution is 2.27. The Kier molecular flexibility index (Phi) is 5.33. The lowest BCUT2D eigenvalue weighted by Crippen LogP contribution is -2.53. The zero-order valence-corrected chi connectivity index (χ0v) is 15.2. The molecule has 2 fully saturated rings. The Balaban J connectivity index is 1.76. The summed E-state index contributed by atoms with van der Waals surface area (Å²) in [6.45, 7) is 3.74. The lowest BCUT2D eigenvalue weighted by atomic mass is 10.1. The first kappa shape index (κ1) is 17.5. The van der Waals surface area contributed by atoms with Gasteiger partial charge in [0.1, 0.15) is 6.04 Å². The second-order valence-electron chi connectivity index (χ2n) is 6.41. The van der Waals surface area contributed by atoms with Crippen molar-refractivity contribution >= 4 is 35.0 Å². The summed E-state index contributed by atoms with van der Waals surface area (Å²) in [5.74, 6) is -0.167. The molecule has 0 radical (unpaired) electrons. The number of hydrogen-bond donors (Lipinski definition) is 0. The summed E-state index contributed by atoms with van der Waals surface area (Å²) in [5.41, 5.74) is 0.363. The molecule has 0 spiro atoms. The molecule has 0 aromatic heterocycles. The van der Waals surface area contributed by atoms with Crippen LogP contribution in [0.1, 0.15) is 23.2 Å². The van der Waals surface area contributed by atoms with E-state index in [9.17, 15) is 9.59 Å². The molecule has 0 saturated carbocycles. The fraction of sp³-hybridized carbons (Fsp3) is 0.529. The van der Waals surface area contributed by atoms with E-state index in [0.717, 1.165) is 19.5 Å². The summed E-state index contributed by atoms with van der Waals surface area (Å²) in [4.78, 5) is 31.5. The standard InChI is InChI=1S/C17H21Cl2N3O2/c1-20-7-9-21(10-8-20)17(24)15-3-2-6-22(15)16(23)13-11-12(18)4-5-14(13)19/h4-5,11,15H,2-3,6-10H2,1H3. The number of piperazine rings is 1. The van der Waals surface area contributed by atoms with Crippen LogP contribution in [-0.4, -0.2) is 72.3 Å². The minimum absolute atomic E-state index is 0.0482. The molecule has 1 atom stereocenters. The molecule has 2 aliphatic heterocycles. The van der Waals surface area contributed by atoms with Crippen LogP contribution in [0.5, 0.6) is 0 Å². The summed E-state index contributed by atoms with van der Waals surface area (Å²) < 4.78 is 0. The lowest BCUT2D eigenvalue weighted by Gasteiger charge is -2.36. The molecule has 130 valence electrons. The maximum absolute atomic E-state index is 12.9. The van der Waals surface area contributed by atoms with E-state index in [4.69, 9.17) is 23.2 Å².